The second kappa shape index (κ2) is 8.95. The monoisotopic (exact) mass is 395 g/mol. The Labute approximate surface area is 159 Å². The SMILES string of the molecule is O=C(CC1CCCC1)OCC(=O)c1ccc(S(=O)(=O)N2CCOCC2)cc1. The summed E-state index contributed by atoms with van der Waals surface area (Å²) in [6.07, 6.45) is 4.75. The van der Waals surface area contributed by atoms with Gasteiger partial charge in [-0.2, -0.15) is 4.31 Å². The summed E-state index contributed by atoms with van der Waals surface area (Å²) >= 11 is 0. The van der Waals surface area contributed by atoms with Gasteiger partial charge in [-0.25, -0.2) is 8.42 Å². The van der Waals surface area contributed by atoms with Crippen LogP contribution in [0.4, 0.5) is 0 Å². The first-order chi connectivity index (χ1) is 13.0. The Kier molecular flexibility index (Phi) is 6.62. The number of Topliss-reactive ketones (excluding diaryl/α,β-unsaturated/α-hetero) is 1. The maximum atomic E-state index is 12.6. The molecule has 0 aromatic heterocycles. The van der Waals surface area contributed by atoms with Crippen molar-refractivity contribution in [2.45, 2.75) is 37.0 Å². The molecule has 1 saturated heterocycles. The summed E-state index contributed by atoms with van der Waals surface area (Å²) in [7, 11) is -3.59. The third kappa shape index (κ3) is 5.15. The van der Waals surface area contributed by atoms with Crippen molar-refractivity contribution in [3.8, 4) is 0 Å². The van der Waals surface area contributed by atoms with E-state index in [0.717, 1.165) is 25.7 Å². The molecule has 3 rings (SSSR count). The van der Waals surface area contributed by atoms with Crippen molar-refractivity contribution in [3.63, 3.8) is 0 Å². The lowest BCUT2D eigenvalue weighted by molar-refractivity contribution is -0.143. The van der Waals surface area contributed by atoms with Gasteiger partial charge in [0.15, 0.2) is 12.4 Å². The van der Waals surface area contributed by atoms with Crippen molar-refractivity contribution in [1.82, 2.24) is 4.31 Å². The first kappa shape index (κ1) is 20.0. The van der Waals surface area contributed by atoms with Crippen LogP contribution in [-0.2, 0) is 24.3 Å². The Hall–Kier alpha value is -1.77. The lowest BCUT2D eigenvalue weighted by Gasteiger charge is -2.26. The van der Waals surface area contributed by atoms with Gasteiger partial charge in [0, 0.05) is 25.1 Å². The Morgan fingerprint density at radius 3 is 2.33 bits per heavy atom. The first-order valence-corrected chi connectivity index (χ1v) is 10.8. The zero-order valence-corrected chi connectivity index (χ0v) is 16.1. The van der Waals surface area contributed by atoms with Gasteiger partial charge in [0.05, 0.1) is 18.1 Å². The van der Waals surface area contributed by atoms with Crippen LogP contribution in [0, 0.1) is 5.92 Å². The van der Waals surface area contributed by atoms with Gasteiger partial charge in [-0.05, 0) is 43.0 Å². The molecule has 8 heteroatoms. The van der Waals surface area contributed by atoms with Gasteiger partial charge in [0.25, 0.3) is 0 Å². The molecule has 1 aliphatic heterocycles. The quantitative estimate of drug-likeness (QED) is 0.518. The van der Waals surface area contributed by atoms with Crippen LogP contribution in [0.5, 0.6) is 0 Å². The Bertz CT molecular complexity index is 762. The molecule has 0 unspecified atom stereocenters. The highest BCUT2D eigenvalue weighted by Crippen LogP contribution is 2.27. The zero-order chi connectivity index (χ0) is 19.3. The maximum absolute atomic E-state index is 12.6. The van der Waals surface area contributed by atoms with E-state index in [4.69, 9.17) is 9.47 Å². The fraction of sp³-hybridized carbons (Fsp3) is 0.579. The normalized spacial score (nSPS) is 19.1. The number of morpholine rings is 1. The van der Waals surface area contributed by atoms with Crippen LogP contribution in [0.3, 0.4) is 0 Å². The third-order valence-electron chi connectivity index (χ3n) is 5.08. The second-order valence-electron chi connectivity index (χ2n) is 6.98. The molecule has 148 valence electrons. The van der Waals surface area contributed by atoms with Crippen LogP contribution < -0.4 is 0 Å². The number of ether oxygens (including phenoxy) is 2. The number of carbonyl (C=O) groups is 2. The predicted octanol–water partition coefficient (Wildman–Crippen LogP) is 2.01. The number of ketones is 1. The summed E-state index contributed by atoms with van der Waals surface area (Å²) in [5.74, 6) is -0.316. The molecule has 0 N–H and O–H groups in total. The lowest BCUT2D eigenvalue weighted by atomic mass is 10.0. The number of sulfonamides is 1. The molecule has 1 saturated carbocycles. The number of rotatable bonds is 7. The minimum absolute atomic E-state index is 0.138. The van der Waals surface area contributed by atoms with Crippen molar-refractivity contribution in [2.24, 2.45) is 5.92 Å². The van der Waals surface area contributed by atoms with E-state index in [1.54, 1.807) is 0 Å². The maximum Gasteiger partial charge on any atom is 0.306 e. The standard InChI is InChI=1S/C19H25NO6S/c21-18(14-26-19(22)13-15-3-1-2-4-15)16-5-7-17(8-6-16)27(23,24)20-9-11-25-12-10-20/h5-8,15H,1-4,9-14H2. The Morgan fingerprint density at radius 1 is 1.07 bits per heavy atom. The molecule has 2 fully saturated rings. The van der Waals surface area contributed by atoms with Gasteiger partial charge in [0.1, 0.15) is 0 Å². The molecule has 0 atom stereocenters. The lowest BCUT2D eigenvalue weighted by Crippen LogP contribution is -2.40. The van der Waals surface area contributed by atoms with Crippen LogP contribution in [0.25, 0.3) is 0 Å². The molecule has 1 heterocycles. The van der Waals surface area contributed by atoms with E-state index in [1.807, 2.05) is 0 Å². The fourth-order valence-corrected chi connectivity index (χ4v) is 4.90. The van der Waals surface area contributed by atoms with Gasteiger partial charge in [-0.1, -0.05) is 12.8 Å². The number of benzene rings is 1. The molecule has 0 amide bonds. The van der Waals surface area contributed by atoms with E-state index >= 15 is 0 Å². The number of nitrogens with zero attached hydrogens (tertiary/aromatic N) is 1. The topological polar surface area (TPSA) is 90.0 Å². The molecule has 2 aliphatic rings. The molecule has 27 heavy (non-hydrogen) atoms. The number of carbonyl (C=O) groups excluding carboxylic acids is 2. The molecule has 1 aromatic rings. The van der Waals surface area contributed by atoms with Crippen molar-refractivity contribution >= 4 is 21.8 Å². The largest absolute Gasteiger partial charge is 0.457 e. The summed E-state index contributed by atoms with van der Waals surface area (Å²) in [6.45, 7) is 1.07. The molecule has 0 bridgehead atoms. The summed E-state index contributed by atoms with van der Waals surface area (Å²) in [4.78, 5) is 24.2. The molecular weight excluding hydrogens is 370 g/mol. The predicted molar refractivity (Wildman–Crippen MR) is 97.9 cm³/mol. The van der Waals surface area contributed by atoms with Crippen LogP contribution >= 0.6 is 0 Å². The average molecular weight is 395 g/mol. The number of esters is 1. The zero-order valence-electron chi connectivity index (χ0n) is 15.3. The minimum Gasteiger partial charge on any atom is -0.457 e. The smallest absolute Gasteiger partial charge is 0.306 e. The van der Waals surface area contributed by atoms with E-state index in [2.05, 4.69) is 0 Å². The Morgan fingerprint density at radius 2 is 1.70 bits per heavy atom. The van der Waals surface area contributed by atoms with Crippen LogP contribution in [0.15, 0.2) is 29.2 Å². The van der Waals surface area contributed by atoms with Crippen molar-refractivity contribution in [1.29, 1.82) is 0 Å². The van der Waals surface area contributed by atoms with E-state index in [1.165, 1.54) is 28.6 Å². The molecule has 0 spiro atoms. The molecule has 7 nitrogen and oxygen atoms in total. The fourth-order valence-electron chi connectivity index (χ4n) is 3.49. The summed E-state index contributed by atoms with van der Waals surface area (Å²) < 4.78 is 36.8. The average Bonchev–Trinajstić information content (AvgIpc) is 3.20. The van der Waals surface area contributed by atoms with Gasteiger partial charge in [0.2, 0.25) is 10.0 Å². The highest BCUT2D eigenvalue weighted by atomic mass is 32.2. The molecule has 1 aromatic carbocycles. The van der Waals surface area contributed by atoms with Gasteiger partial charge >= 0.3 is 5.97 Å². The van der Waals surface area contributed by atoms with Crippen LogP contribution in [0.1, 0.15) is 42.5 Å². The van der Waals surface area contributed by atoms with Gasteiger partial charge in [-0.3, -0.25) is 9.59 Å². The summed E-state index contributed by atoms with van der Waals surface area (Å²) in [6, 6.07) is 5.75. The van der Waals surface area contributed by atoms with E-state index in [-0.39, 0.29) is 23.3 Å². The van der Waals surface area contributed by atoms with E-state index in [9.17, 15) is 18.0 Å². The Balaban J connectivity index is 1.54. The third-order valence-corrected chi connectivity index (χ3v) is 6.99. The second-order valence-corrected chi connectivity index (χ2v) is 8.92. The highest BCUT2D eigenvalue weighted by Gasteiger charge is 2.26. The molecule has 1 aliphatic carbocycles. The summed E-state index contributed by atoms with van der Waals surface area (Å²) in [5, 5.41) is 0. The first-order valence-electron chi connectivity index (χ1n) is 9.33. The van der Waals surface area contributed by atoms with Gasteiger partial charge in [-0.15, -0.1) is 0 Å². The van der Waals surface area contributed by atoms with E-state index < -0.39 is 10.0 Å². The number of hydrogen-bond donors (Lipinski definition) is 0. The minimum atomic E-state index is -3.59. The van der Waals surface area contributed by atoms with Crippen LogP contribution in [-0.4, -0.2) is 57.4 Å². The number of hydrogen-bond acceptors (Lipinski definition) is 6. The summed E-state index contributed by atoms with van der Waals surface area (Å²) in [5.41, 5.74) is 0.324. The molecular formula is C19H25NO6S. The molecule has 0 radical (unpaired) electrons. The van der Waals surface area contributed by atoms with Crippen molar-refractivity contribution in [2.75, 3.05) is 32.9 Å². The highest BCUT2D eigenvalue weighted by molar-refractivity contribution is 7.89. The van der Waals surface area contributed by atoms with Gasteiger partial charge < -0.3 is 9.47 Å². The van der Waals surface area contributed by atoms with Crippen molar-refractivity contribution < 1.29 is 27.5 Å². The van der Waals surface area contributed by atoms with Crippen molar-refractivity contribution in [3.05, 3.63) is 29.8 Å². The van der Waals surface area contributed by atoms with E-state index in [0.29, 0.717) is 44.2 Å². The van der Waals surface area contributed by atoms with Crippen LogP contribution in [0.2, 0.25) is 0 Å².